The predicted octanol–water partition coefficient (Wildman–Crippen LogP) is 3.60. The van der Waals surface area contributed by atoms with E-state index in [2.05, 4.69) is 31.9 Å². The van der Waals surface area contributed by atoms with Crippen LogP contribution in [0.15, 0.2) is 45.3 Å². The molecule has 0 radical (unpaired) electrons. The fourth-order valence-corrected chi connectivity index (χ4v) is 4.07. The highest BCUT2D eigenvalue weighted by atomic mass is 16.5. The van der Waals surface area contributed by atoms with E-state index in [0.29, 0.717) is 60.7 Å². The van der Waals surface area contributed by atoms with Crippen molar-refractivity contribution in [2.24, 2.45) is 0 Å². The summed E-state index contributed by atoms with van der Waals surface area (Å²) in [5, 5.41) is 4.11. The molecule has 2 fully saturated rings. The number of carbonyl (C=O) groups is 1. The molecule has 1 aliphatic carbocycles. The van der Waals surface area contributed by atoms with Crippen molar-refractivity contribution in [2.45, 2.75) is 32.1 Å². The number of oxazole rings is 1. The lowest BCUT2D eigenvalue weighted by Crippen LogP contribution is -2.48. The maximum atomic E-state index is 13.0. The van der Waals surface area contributed by atoms with Gasteiger partial charge in [0.1, 0.15) is 0 Å². The van der Waals surface area contributed by atoms with E-state index < -0.39 is 0 Å². The molecule has 9 heteroatoms. The number of carbonyl (C=O) groups excluding carboxylic acids is 1. The smallest absolute Gasteiger partial charge is 0.300 e. The van der Waals surface area contributed by atoms with Gasteiger partial charge in [0.2, 0.25) is 17.4 Å². The Hall–Kier alpha value is -3.75. The van der Waals surface area contributed by atoms with Crippen LogP contribution in [0.1, 0.15) is 41.7 Å². The fraction of sp³-hybridized carbons (Fsp3) is 0.375. The summed E-state index contributed by atoms with van der Waals surface area (Å²) in [7, 11) is 0. The zero-order valence-electron chi connectivity index (χ0n) is 18.6. The molecule has 4 aromatic rings. The van der Waals surface area contributed by atoms with Crippen LogP contribution in [0.3, 0.4) is 0 Å². The Morgan fingerprint density at radius 1 is 0.970 bits per heavy atom. The summed E-state index contributed by atoms with van der Waals surface area (Å²) in [4.78, 5) is 30.4. The van der Waals surface area contributed by atoms with Crippen LogP contribution in [0.2, 0.25) is 0 Å². The first kappa shape index (κ1) is 19.9. The molecule has 1 saturated heterocycles. The number of aromatic nitrogens is 4. The summed E-state index contributed by atoms with van der Waals surface area (Å²) in [6, 6.07) is 11.8. The van der Waals surface area contributed by atoms with Crippen LogP contribution in [0.25, 0.3) is 22.6 Å². The Morgan fingerprint density at radius 3 is 2.45 bits per heavy atom. The van der Waals surface area contributed by atoms with Gasteiger partial charge in [-0.15, -0.1) is 0 Å². The van der Waals surface area contributed by atoms with Gasteiger partial charge < -0.3 is 18.7 Å². The van der Waals surface area contributed by atoms with Crippen molar-refractivity contribution in [3.05, 3.63) is 53.5 Å². The van der Waals surface area contributed by atoms with Gasteiger partial charge in [0.15, 0.2) is 5.58 Å². The van der Waals surface area contributed by atoms with Crippen LogP contribution < -0.4 is 4.90 Å². The van der Waals surface area contributed by atoms with Gasteiger partial charge in [-0.05, 0) is 44.0 Å². The molecule has 0 N–H and O–H groups in total. The molecule has 0 spiro atoms. The third-order valence-electron chi connectivity index (χ3n) is 6.55. The number of piperazine rings is 1. The zero-order valence-corrected chi connectivity index (χ0v) is 18.6. The first-order valence-corrected chi connectivity index (χ1v) is 11.2. The van der Waals surface area contributed by atoms with Gasteiger partial charge in [0.05, 0.1) is 0 Å². The monoisotopic (exact) mass is 444 g/mol. The highest BCUT2D eigenvalue weighted by Gasteiger charge is 2.44. The molecular formula is C24H24N6O3. The normalized spacial score (nSPS) is 17.5. The number of nitrogens with zero attached hydrogens (tertiary/aromatic N) is 6. The van der Waals surface area contributed by atoms with Crippen LogP contribution in [0.4, 0.5) is 6.01 Å². The number of anilines is 1. The van der Waals surface area contributed by atoms with E-state index in [1.54, 1.807) is 0 Å². The maximum absolute atomic E-state index is 13.0. The van der Waals surface area contributed by atoms with Crippen molar-refractivity contribution < 1.29 is 13.7 Å². The van der Waals surface area contributed by atoms with Crippen molar-refractivity contribution in [3.8, 4) is 11.4 Å². The first-order valence-electron chi connectivity index (χ1n) is 11.2. The number of hydrogen-bond donors (Lipinski definition) is 0. The maximum Gasteiger partial charge on any atom is 0.300 e. The summed E-state index contributed by atoms with van der Waals surface area (Å²) < 4.78 is 11.3. The summed E-state index contributed by atoms with van der Waals surface area (Å²) >= 11 is 0. The van der Waals surface area contributed by atoms with Crippen LogP contribution in [-0.4, -0.2) is 57.1 Å². The van der Waals surface area contributed by atoms with E-state index in [0.717, 1.165) is 24.1 Å². The first-order chi connectivity index (χ1) is 16.0. The van der Waals surface area contributed by atoms with Crippen molar-refractivity contribution in [1.29, 1.82) is 0 Å². The molecule has 0 bridgehead atoms. The Bertz CT molecular complexity index is 1330. The SMILES string of the molecule is Cc1ccc2oc(N3CCN(C(=O)c4ccc(-c5noc(C6(C)CC6)n5)cc4)CC3)nc2n1. The third kappa shape index (κ3) is 3.63. The van der Waals surface area contributed by atoms with Crippen LogP contribution in [0, 0.1) is 6.92 Å². The van der Waals surface area contributed by atoms with Crippen molar-refractivity contribution in [2.75, 3.05) is 31.1 Å². The van der Waals surface area contributed by atoms with E-state index in [-0.39, 0.29) is 11.3 Å². The third-order valence-corrected chi connectivity index (χ3v) is 6.55. The average molecular weight is 444 g/mol. The Morgan fingerprint density at radius 2 is 1.73 bits per heavy atom. The average Bonchev–Trinajstić information content (AvgIpc) is 3.24. The van der Waals surface area contributed by atoms with E-state index in [4.69, 9.17) is 8.94 Å². The molecular weight excluding hydrogens is 420 g/mol. The van der Waals surface area contributed by atoms with Gasteiger partial charge in [-0.3, -0.25) is 4.79 Å². The topological polar surface area (TPSA) is 101 Å². The number of hydrogen-bond acceptors (Lipinski definition) is 8. The van der Waals surface area contributed by atoms with Gasteiger partial charge in [-0.1, -0.05) is 24.2 Å². The molecule has 33 heavy (non-hydrogen) atoms. The number of aryl methyl sites for hydroxylation is 1. The Balaban J connectivity index is 1.11. The summed E-state index contributed by atoms with van der Waals surface area (Å²) in [5.41, 5.74) is 3.72. The number of rotatable bonds is 4. The molecule has 4 heterocycles. The molecule has 1 aromatic carbocycles. The van der Waals surface area contributed by atoms with Crippen LogP contribution in [0.5, 0.6) is 0 Å². The molecule has 6 rings (SSSR count). The van der Waals surface area contributed by atoms with Gasteiger partial charge in [0, 0.05) is 48.4 Å². The largest absolute Gasteiger partial charge is 0.422 e. The van der Waals surface area contributed by atoms with Gasteiger partial charge >= 0.3 is 0 Å². The zero-order chi connectivity index (χ0) is 22.6. The van der Waals surface area contributed by atoms with Crippen LogP contribution >= 0.6 is 0 Å². The quantitative estimate of drug-likeness (QED) is 0.471. The minimum atomic E-state index is 0.00958. The lowest BCUT2D eigenvalue weighted by Gasteiger charge is -2.33. The molecule has 1 amide bonds. The highest BCUT2D eigenvalue weighted by Crippen LogP contribution is 2.47. The number of fused-ring (bicyclic) bond motifs is 1. The van der Waals surface area contributed by atoms with E-state index >= 15 is 0 Å². The predicted molar refractivity (Wildman–Crippen MR) is 121 cm³/mol. The number of benzene rings is 1. The van der Waals surface area contributed by atoms with Gasteiger partial charge in [-0.2, -0.15) is 9.97 Å². The molecule has 168 valence electrons. The van der Waals surface area contributed by atoms with Crippen molar-refractivity contribution >= 4 is 23.2 Å². The molecule has 1 saturated carbocycles. The molecule has 9 nitrogen and oxygen atoms in total. The number of amides is 1. The second-order valence-corrected chi connectivity index (χ2v) is 9.11. The van der Waals surface area contributed by atoms with Crippen LogP contribution in [-0.2, 0) is 5.41 Å². The minimum absolute atomic E-state index is 0.00958. The van der Waals surface area contributed by atoms with E-state index in [9.17, 15) is 4.79 Å². The standard InChI is InChI=1S/C24H24N6O3/c1-15-3-8-18-20(25-15)27-23(32-18)30-13-11-29(12-14-30)21(31)17-6-4-16(5-7-17)19-26-22(33-28-19)24(2)9-10-24/h3-8H,9-14H2,1-2H3. The summed E-state index contributed by atoms with van der Waals surface area (Å²) in [6.45, 7) is 6.56. The second kappa shape index (κ2) is 7.40. The molecule has 1 aliphatic heterocycles. The highest BCUT2D eigenvalue weighted by molar-refractivity contribution is 5.94. The van der Waals surface area contributed by atoms with Crippen molar-refractivity contribution in [3.63, 3.8) is 0 Å². The number of pyridine rings is 1. The molecule has 3 aromatic heterocycles. The molecule has 0 unspecified atom stereocenters. The lowest BCUT2D eigenvalue weighted by molar-refractivity contribution is 0.0745. The Kier molecular flexibility index (Phi) is 4.46. The van der Waals surface area contributed by atoms with E-state index in [1.807, 2.05) is 48.2 Å². The Labute approximate surface area is 190 Å². The minimum Gasteiger partial charge on any atom is -0.422 e. The molecule has 2 aliphatic rings. The summed E-state index contributed by atoms with van der Waals surface area (Å²) in [5.74, 6) is 1.27. The van der Waals surface area contributed by atoms with Crippen molar-refractivity contribution in [1.82, 2.24) is 25.0 Å². The molecule has 0 atom stereocenters. The van der Waals surface area contributed by atoms with Gasteiger partial charge in [-0.25, -0.2) is 4.98 Å². The second-order valence-electron chi connectivity index (χ2n) is 9.11. The van der Waals surface area contributed by atoms with E-state index in [1.165, 1.54) is 0 Å². The van der Waals surface area contributed by atoms with Gasteiger partial charge in [0.25, 0.3) is 11.9 Å². The lowest BCUT2D eigenvalue weighted by atomic mass is 10.1. The summed E-state index contributed by atoms with van der Waals surface area (Å²) in [6.07, 6.45) is 2.16. The fourth-order valence-electron chi connectivity index (χ4n) is 4.07.